The van der Waals surface area contributed by atoms with Gasteiger partial charge in [-0.15, -0.1) is 0 Å². The number of aliphatic carboxylic acids is 1. The number of amides is 1. The zero-order chi connectivity index (χ0) is 12.3. The van der Waals surface area contributed by atoms with E-state index in [1.807, 2.05) is 6.92 Å². The summed E-state index contributed by atoms with van der Waals surface area (Å²) in [7, 11) is 0. The van der Waals surface area contributed by atoms with Gasteiger partial charge >= 0.3 is 5.97 Å². The fourth-order valence-corrected chi connectivity index (χ4v) is 1.78. The van der Waals surface area contributed by atoms with Crippen molar-refractivity contribution < 1.29 is 14.7 Å². The average molecular weight is 228 g/mol. The van der Waals surface area contributed by atoms with Crippen molar-refractivity contribution in [3.63, 3.8) is 0 Å². The number of carbonyl (C=O) groups is 2. The first kappa shape index (κ1) is 13.0. The molecule has 1 fully saturated rings. The molecule has 1 aliphatic carbocycles. The highest BCUT2D eigenvalue weighted by Crippen LogP contribution is 2.39. The van der Waals surface area contributed by atoms with Crippen LogP contribution in [-0.4, -0.2) is 28.6 Å². The molecule has 0 spiro atoms. The van der Waals surface area contributed by atoms with Crippen LogP contribution in [0, 0.1) is 5.92 Å². The summed E-state index contributed by atoms with van der Waals surface area (Å²) in [5, 5.41) is 11.7. The van der Waals surface area contributed by atoms with E-state index in [9.17, 15) is 9.59 Å². The van der Waals surface area contributed by atoms with Gasteiger partial charge in [0.2, 0.25) is 5.91 Å². The van der Waals surface area contributed by atoms with Crippen LogP contribution in [0.25, 0.3) is 0 Å². The van der Waals surface area contributed by atoms with Crippen LogP contribution in [0.3, 0.4) is 0 Å². The summed E-state index contributed by atoms with van der Waals surface area (Å²) in [5.41, 5.74) is 4.50. The molecule has 2 atom stereocenters. The molecule has 4 N–H and O–H groups in total. The van der Waals surface area contributed by atoms with E-state index in [2.05, 4.69) is 5.32 Å². The average Bonchev–Trinajstić information content (AvgIpc) is 3.00. The first-order valence-corrected chi connectivity index (χ1v) is 5.72. The van der Waals surface area contributed by atoms with E-state index in [4.69, 9.17) is 10.8 Å². The quantitative estimate of drug-likeness (QED) is 0.616. The van der Waals surface area contributed by atoms with Gasteiger partial charge in [-0.25, -0.2) is 4.79 Å². The molecule has 5 heteroatoms. The van der Waals surface area contributed by atoms with Gasteiger partial charge in [-0.2, -0.15) is 0 Å². The molecule has 0 radical (unpaired) electrons. The van der Waals surface area contributed by atoms with Gasteiger partial charge in [0.15, 0.2) is 0 Å². The zero-order valence-corrected chi connectivity index (χ0v) is 9.82. The third-order valence-electron chi connectivity index (χ3n) is 3.16. The van der Waals surface area contributed by atoms with Gasteiger partial charge in [0.1, 0.15) is 5.54 Å². The van der Waals surface area contributed by atoms with Crippen LogP contribution in [-0.2, 0) is 9.59 Å². The molecular weight excluding hydrogens is 208 g/mol. The van der Waals surface area contributed by atoms with E-state index in [-0.39, 0.29) is 11.8 Å². The second kappa shape index (κ2) is 4.82. The Morgan fingerprint density at radius 1 is 1.56 bits per heavy atom. The number of carboxylic acids is 1. The number of nitrogens with two attached hydrogens (primary N) is 1. The fraction of sp³-hybridized carbons (Fsp3) is 0.818. The van der Waals surface area contributed by atoms with Crippen LogP contribution in [0.4, 0.5) is 0 Å². The molecule has 1 saturated carbocycles. The summed E-state index contributed by atoms with van der Waals surface area (Å²) >= 11 is 0. The van der Waals surface area contributed by atoms with E-state index in [0.717, 1.165) is 19.3 Å². The number of carbonyl (C=O) groups excluding carboxylic acids is 1. The smallest absolute Gasteiger partial charge is 0.329 e. The zero-order valence-electron chi connectivity index (χ0n) is 9.82. The van der Waals surface area contributed by atoms with Gasteiger partial charge in [0.05, 0.1) is 6.04 Å². The Kier molecular flexibility index (Phi) is 3.91. The molecule has 92 valence electrons. The number of nitrogens with one attached hydrogen (secondary N) is 1. The minimum absolute atomic E-state index is 0.0442. The highest BCUT2D eigenvalue weighted by molar-refractivity contribution is 5.89. The molecule has 0 heterocycles. The highest BCUT2D eigenvalue weighted by atomic mass is 16.4. The van der Waals surface area contributed by atoms with Crippen molar-refractivity contribution in [1.82, 2.24) is 5.32 Å². The standard InChI is InChI=1S/C11H20N2O3/c1-3-4-8(12)9(14)13-11(2,10(15)16)7-5-6-7/h7-8H,3-6,12H2,1-2H3,(H,13,14)(H,15,16). The summed E-state index contributed by atoms with van der Waals surface area (Å²) in [6.45, 7) is 3.49. The predicted octanol–water partition coefficient (Wildman–Crippen LogP) is 0.483. The van der Waals surface area contributed by atoms with Gasteiger partial charge in [0, 0.05) is 0 Å². The lowest BCUT2D eigenvalue weighted by Crippen LogP contribution is -2.57. The monoisotopic (exact) mass is 228 g/mol. The minimum atomic E-state index is -1.15. The normalized spacial score (nSPS) is 20.9. The van der Waals surface area contributed by atoms with Gasteiger partial charge in [-0.1, -0.05) is 13.3 Å². The lowest BCUT2D eigenvalue weighted by Gasteiger charge is -2.27. The first-order chi connectivity index (χ1) is 7.41. The van der Waals surface area contributed by atoms with Crippen LogP contribution < -0.4 is 11.1 Å². The second-order valence-electron chi connectivity index (χ2n) is 4.67. The van der Waals surface area contributed by atoms with Crippen molar-refractivity contribution >= 4 is 11.9 Å². The Morgan fingerprint density at radius 2 is 2.12 bits per heavy atom. The molecule has 0 aromatic rings. The van der Waals surface area contributed by atoms with Gasteiger partial charge in [-0.05, 0) is 32.1 Å². The van der Waals surface area contributed by atoms with E-state index >= 15 is 0 Å². The fourth-order valence-electron chi connectivity index (χ4n) is 1.78. The third kappa shape index (κ3) is 2.72. The summed E-state index contributed by atoms with van der Waals surface area (Å²) in [4.78, 5) is 22.8. The van der Waals surface area contributed by atoms with E-state index in [1.165, 1.54) is 0 Å². The Labute approximate surface area is 95.4 Å². The van der Waals surface area contributed by atoms with E-state index in [1.54, 1.807) is 6.92 Å². The first-order valence-electron chi connectivity index (χ1n) is 5.72. The Bertz CT molecular complexity index is 289. The number of carboxylic acid groups (broad SMARTS) is 1. The van der Waals surface area contributed by atoms with Crippen molar-refractivity contribution in [2.24, 2.45) is 11.7 Å². The van der Waals surface area contributed by atoms with Crippen LogP contribution in [0.15, 0.2) is 0 Å². The number of hydrogen-bond donors (Lipinski definition) is 3. The van der Waals surface area contributed by atoms with E-state index < -0.39 is 17.6 Å². The molecule has 16 heavy (non-hydrogen) atoms. The van der Waals surface area contributed by atoms with Gasteiger partial charge in [-0.3, -0.25) is 4.79 Å². The second-order valence-corrected chi connectivity index (χ2v) is 4.67. The van der Waals surface area contributed by atoms with Crippen LogP contribution >= 0.6 is 0 Å². The van der Waals surface area contributed by atoms with Crippen molar-refractivity contribution in [1.29, 1.82) is 0 Å². The molecule has 5 nitrogen and oxygen atoms in total. The van der Waals surface area contributed by atoms with Crippen molar-refractivity contribution in [3.8, 4) is 0 Å². The Morgan fingerprint density at radius 3 is 2.50 bits per heavy atom. The molecule has 0 saturated heterocycles. The molecule has 0 aromatic heterocycles. The Balaban J connectivity index is 2.62. The molecular formula is C11H20N2O3. The maximum absolute atomic E-state index is 11.7. The predicted molar refractivity (Wildman–Crippen MR) is 59.8 cm³/mol. The van der Waals surface area contributed by atoms with E-state index in [0.29, 0.717) is 6.42 Å². The summed E-state index contributed by atoms with van der Waals surface area (Å²) in [5.74, 6) is -1.30. The van der Waals surface area contributed by atoms with Crippen molar-refractivity contribution in [3.05, 3.63) is 0 Å². The SMILES string of the molecule is CCCC(N)C(=O)NC(C)(C(=O)O)C1CC1. The maximum Gasteiger partial charge on any atom is 0.329 e. The highest BCUT2D eigenvalue weighted by Gasteiger charge is 2.48. The van der Waals surface area contributed by atoms with Crippen LogP contribution in [0.2, 0.25) is 0 Å². The van der Waals surface area contributed by atoms with Crippen molar-refractivity contribution in [2.75, 3.05) is 0 Å². The van der Waals surface area contributed by atoms with Gasteiger partial charge < -0.3 is 16.2 Å². The lowest BCUT2D eigenvalue weighted by atomic mass is 9.95. The molecule has 1 aliphatic rings. The molecule has 0 aliphatic heterocycles. The molecule has 2 unspecified atom stereocenters. The lowest BCUT2D eigenvalue weighted by molar-refractivity contribution is -0.148. The third-order valence-corrected chi connectivity index (χ3v) is 3.16. The minimum Gasteiger partial charge on any atom is -0.480 e. The molecule has 1 rings (SSSR count). The number of hydrogen-bond acceptors (Lipinski definition) is 3. The molecule has 0 aromatic carbocycles. The number of rotatable bonds is 6. The largest absolute Gasteiger partial charge is 0.480 e. The summed E-state index contributed by atoms with van der Waals surface area (Å²) in [6, 6.07) is -0.609. The summed E-state index contributed by atoms with van der Waals surface area (Å²) < 4.78 is 0. The molecule has 0 bridgehead atoms. The van der Waals surface area contributed by atoms with Crippen LogP contribution in [0.5, 0.6) is 0 Å². The Hall–Kier alpha value is -1.10. The van der Waals surface area contributed by atoms with Crippen molar-refractivity contribution in [2.45, 2.75) is 51.1 Å². The topological polar surface area (TPSA) is 92.4 Å². The molecule has 1 amide bonds. The summed E-state index contributed by atoms with van der Waals surface area (Å²) in [6.07, 6.45) is 3.09. The maximum atomic E-state index is 11.7. The van der Waals surface area contributed by atoms with Crippen LogP contribution in [0.1, 0.15) is 39.5 Å². The van der Waals surface area contributed by atoms with Gasteiger partial charge in [0.25, 0.3) is 0 Å².